The van der Waals surface area contributed by atoms with Crippen LogP contribution in [0.2, 0.25) is 0 Å². The number of rotatable bonds is 32. The van der Waals surface area contributed by atoms with Gasteiger partial charge < -0.3 is 14.6 Å². The molecule has 0 radical (unpaired) electrons. The van der Waals surface area contributed by atoms with Crippen LogP contribution in [0.1, 0.15) is 142 Å². The van der Waals surface area contributed by atoms with E-state index in [1.807, 2.05) is 0 Å². The summed E-state index contributed by atoms with van der Waals surface area (Å²) in [6.45, 7) is 3.84. The molecule has 0 aromatic heterocycles. The third-order valence-electron chi connectivity index (χ3n) is 7.37. The van der Waals surface area contributed by atoms with Gasteiger partial charge in [-0.1, -0.05) is 137 Å². The van der Waals surface area contributed by atoms with E-state index in [1.54, 1.807) is 0 Å². The van der Waals surface area contributed by atoms with E-state index in [4.69, 9.17) is 9.47 Å². The van der Waals surface area contributed by atoms with Crippen LogP contribution in [-0.4, -0.2) is 36.4 Å². The van der Waals surface area contributed by atoms with Gasteiger partial charge in [-0.25, -0.2) is 0 Å². The summed E-state index contributed by atoms with van der Waals surface area (Å²) < 4.78 is 10.6. The van der Waals surface area contributed by atoms with Crippen LogP contribution in [0.5, 0.6) is 0 Å². The molecule has 0 aliphatic rings. The van der Waals surface area contributed by atoms with Crippen molar-refractivity contribution in [1.82, 2.24) is 0 Å². The average molecular weight is 665 g/mol. The molecule has 48 heavy (non-hydrogen) atoms. The maximum absolute atomic E-state index is 12.2. The summed E-state index contributed by atoms with van der Waals surface area (Å²) in [5, 5.41) is 9.54. The van der Waals surface area contributed by atoms with Crippen LogP contribution in [0.25, 0.3) is 0 Å². The van der Waals surface area contributed by atoms with Crippen LogP contribution in [0.15, 0.2) is 97.2 Å². The van der Waals surface area contributed by atoms with Crippen LogP contribution in [0, 0.1) is 0 Å². The molecule has 0 bridgehead atoms. The molecule has 1 N–H and O–H groups in total. The van der Waals surface area contributed by atoms with Gasteiger partial charge in [-0.15, -0.1) is 0 Å². The molecule has 1 atom stereocenters. The van der Waals surface area contributed by atoms with Crippen molar-refractivity contribution in [2.75, 3.05) is 13.2 Å². The molecule has 0 fully saturated rings. The summed E-state index contributed by atoms with van der Waals surface area (Å²) in [5.74, 6) is -0.660. The van der Waals surface area contributed by atoms with E-state index in [0.717, 1.165) is 116 Å². The van der Waals surface area contributed by atoms with Gasteiger partial charge in [-0.2, -0.15) is 0 Å². The minimum Gasteiger partial charge on any atom is -0.462 e. The molecule has 0 aliphatic carbocycles. The van der Waals surface area contributed by atoms with Gasteiger partial charge in [0.15, 0.2) is 6.10 Å². The fraction of sp³-hybridized carbons (Fsp3) is 0.581. The number of hydrogen-bond acceptors (Lipinski definition) is 5. The first kappa shape index (κ1) is 44.8. The Hall–Kier alpha value is -3.18. The molecule has 0 saturated carbocycles. The Morgan fingerprint density at radius 1 is 0.479 bits per heavy atom. The lowest BCUT2D eigenvalue weighted by molar-refractivity contribution is -0.161. The van der Waals surface area contributed by atoms with Crippen molar-refractivity contribution in [3.63, 3.8) is 0 Å². The van der Waals surface area contributed by atoms with Gasteiger partial charge in [0.1, 0.15) is 6.61 Å². The molecule has 0 aromatic rings. The minimum atomic E-state index is -0.802. The van der Waals surface area contributed by atoms with Gasteiger partial charge in [0.2, 0.25) is 0 Å². The zero-order valence-corrected chi connectivity index (χ0v) is 30.5. The topological polar surface area (TPSA) is 72.8 Å². The second-order valence-electron chi connectivity index (χ2n) is 11.9. The number of aliphatic hydroxyl groups is 1. The van der Waals surface area contributed by atoms with Crippen LogP contribution in [-0.2, 0) is 19.1 Å². The smallest absolute Gasteiger partial charge is 0.306 e. The van der Waals surface area contributed by atoms with Crippen LogP contribution in [0.4, 0.5) is 0 Å². The standard InChI is InChI=1S/C43H68O5/c1-3-5-7-9-11-13-15-17-19-20-21-22-24-26-28-30-32-34-36-38-43(46)48-41(39-44)40-47-42(45)37-35-33-31-29-27-25-23-18-16-14-12-10-8-6-4-2/h5-8,11-14,17-19,21-23,26,28,41,44H,3-4,9-10,15-16,20,24-25,27,29-40H2,1-2H3. The number of unbranched alkanes of at least 4 members (excludes halogenated alkanes) is 8. The molecule has 0 aromatic carbocycles. The van der Waals surface area contributed by atoms with E-state index < -0.39 is 6.10 Å². The molecular weight excluding hydrogens is 596 g/mol. The first-order chi connectivity index (χ1) is 23.6. The predicted molar refractivity (Wildman–Crippen MR) is 205 cm³/mol. The molecule has 0 rings (SSSR count). The number of carbonyl (C=O) groups is 2. The largest absolute Gasteiger partial charge is 0.462 e. The summed E-state index contributed by atoms with van der Waals surface area (Å²) in [5.41, 5.74) is 0. The molecule has 0 spiro atoms. The van der Waals surface area contributed by atoms with E-state index in [9.17, 15) is 14.7 Å². The molecule has 1 unspecified atom stereocenters. The molecule has 0 saturated heterocycles. The lowest BCUT2D eigenvalue weighted by atomic mass is 10.1. The SMILES string of the molecule is CCC=CCC=CCC=CCC=CCC=CCCCCCC(=O)OC(CO)COC(=O)CCCCCCCC=CCC=CCC=CCC. The number of ether oxygens (including phenoxy) is 2. The first-order valence-corrected chi connectivity index (χ1v) is 18.8. The molecule has 270 valence electrons. The maximum atomic E-state index is 12.2. The van der Waals surface area contributed by atoms with Crippen molar-refractivity contribution in [3.8, 4) is 0 Å². The van der Waals surface area contributed by atoms with Crippen LogP contribution < -0.4 is 0 Å². The van der Waals surface area contributed by atoms with Gasteiger partial charge in [-0.3, -0.25) is 9.59 Å². The molecule has 0 amide bonds. The van der Waals surface area contributed by atoms with Crippen LogP contribution >= 0.6 is 0 Å². The quantitative estimate of drug-likeness (QED) is 0.0440. The summed E-state index contributed by atoms with van der Waals surface area (Å²) in [4.78, 5) is 24.2. The number of allylic oxidation sites excluding steroid dienone is 16. The highest BCUT2D eigenvalue weighted by Crippen LogP contribution is 2.10. The zero-order chi connectivity index (χ0) is 35.0. The van der Waals surface area contributed by atoms with E-state index in [-0.39, 0.29) is 25.2 Å². The number of carbonyl (C=O) groups excluding carboxylic acids is 2. The number of hydrogen-bond donors (Lipinski definition) is 1. The van der Waals surface area contributed by atoms with Gasteiger partial charge in [-0.05, 0) is 89.9 Å². The Morgan fingerprint density at radius 3 is 1.27 bits per heavy atom. The van der Waals surface area contributed by atoms with E-state index in [1.165, 1.54) is 0 Å². The van der Waals surface area contributed by atoms with Crippen molar-refractivity contribution in [1.29, 1.82) is 0 Å². The average Bonchev–Trinajstić information content (AvgIpc) is 3.09. The fourth-order valence-corrected chi connectivity index (χ4v) is 4.59. The third-order valence-corrected chi connectivity index (χ3v) is 7.37. The van der Waals surface area contributed by atoms with Crippen molar-refractivity contribution in [3.05, 3.63) is 97.2 Å². The highest BCUT2D eigenvalue weighted by atomic mass is 16.6. The molecular formula is C43H68O5. The van der Waals surface area contributed by atoms with E-state index in [2.05, 4.69) is 111 Å². The van der Waals surface area contributed by atoms with E-state index in [0.29, 0.717) is 12.8 Å². The summed E-state index contributed by atoms with van der Waals surface area (Å²) in [7, 11) is 0. The molecule has 5 nitrogen and oxygen atoms in total. The second-order valence-corrected chi connectivity index (χ2v) is 11.9. The van der Waals surface area contributed by atoms with Crippen LogP contribution in [0.3, 0.4) is 0 Å². The van der Waals surface area contributed by atoms with Gasteiger partial charge >= 0.3 is 11.9 Å². The summed E-state index contributed by atoms with van der Waals surface area (Å²) in [6.07, 6.45) is 53.2. The second kappa shape index (κ2) is 38.3. The molecule has 0 heterocycles. The van der Waals surface area contributed by atoms with Gasteiger partial charge in [0.05, 0.1) is 6.61 Å². The van der Waals surface area contributed by atoms with Crippen molar-refractivity contribution in [2.24, 2.45) is 0 Å². The van der Waals surface area contributed by atoms with Gasteiger partial charge in [0.25, 0.3) is 0 Å². The van der Waals surface area contributed by atoms with E-state index >= 15 is 0 Å². The number of esters is 2. The first-order valence-electron chi connectivity index (χ1n) is 18.8. The Labute approximate surface area is 294 Å². The highest BCUT2D eigenvalue weighted by molar-refractivity contribution is 5.70. The Morgan fingerprint density at radius 2 is 0.833 bits per heavy atom. The Kier molecular flexibility index (Phi) is 35.7. The van der Waals surface area contributed by atoms with Gasteiger partial charge in [0, 0.05) is 12.8 Å². The number of aliphatic hydroxyl groups excluding tert-OH is 1. The normalized spacial score (nSPS) is 13.3. The Bertz CT molecular complexity index is 979. The molecule has 5 heteroatoms. The highest BCUT2D eigenvalue weighted by Gasteiger charge is 2.16. The monoisotopic (exact) mass is 665 g/mol. The summed E-state index contributed by atoms with van der Waals surface area (Å²) >= 11 is 0. The fourth-order valence-electron chi connectivity index (χ4n) is 4.59. The van der Waals surface area contributed by atoms with Crippen molar-refractivity contribution >= 4 is 11.9 Å². The lowest BCUT2D eigenvalue weighted by Crippen LogP contribution is -2.28. The maximum Gasteiger partial charge on any atom is 0.306 e. The summed E-state index contributed by atoms with van der Waals surface area (Å²) in [6, 6.07) is 0. The molecule has 0 aliphatic heterocycles. The third kappa shape index (κ3) is 35.7. The lowest BCUT2D eigenvalue weighted by Gasteiger charge is -2.15. The van der Waals surface area contributed by atoms with Crippen molar-refractivity contribution < 1.29 is 24.2 Å². The zero-order valence-electron chi connectivity index (χ0n) is 30.5. The minimum absolute atomic E-state index is 0.0951. The Balaban J connectivity index is 3.71. The van der Waals surface area contributed by atoms with Crippen molar-refractivity contribution in [2.45, 2.75) is 148 Å². The predicted octanol–water partition coefficient (Wildman–Crippen LogP) is 11.7.